The highest BCUT2D eigenvalue weighted by Gasteiger charge is 2.30. The lowest BCUT2D eigenvalue weighted by Crippen LogP contribution is -2.30. The lowest BCUT2D eigenvalue weighted by molar-refractivity contribution is -0.161. The van der Waals surface area contributed by atoms with Crippen molar-refractivity contribution in [1.82, 2.24) is 0 Å². The summed E-state index contributed by atoms with van der Waals surface area (Å²) in [5.74, 6) is -2.49. The molecule has 0 aliphatic carbocycles. The van der Waals surface area contributed by atoms with E-state index in [9.17, 15) is 43.2 Å². The van der Waals surface area contributed by atoms with Crippen LogP contribution in [0.25, 0.3) is 0 Å². The highest BCUT2D eigenvalue weighted by atomic mass is 31.2. The maximum absolute atomic E-state index is 13.1. The Kier molecular flexibility index (Phi) is 75.6. The largest absolute Gasteiger partial charge is 0.472 e. The van der Waals surface area contributed by atoms with Gasteiger partial charge in [-0.25, -0.2) is 9.13 Å². The number of hydrogen-bond donors (Lipinski definition) is 3. The molecule has 618 valence electrons. The molecule has 5 unspecified atom stereocenters. The predicted molar refractivity (Wildman–Crippen MR) is 454 cm³/mol. The van der Waals surface area contributed by atoms with Crippen molar-refractivity contribution < 1.29 is 80.2 Å². The molecule has 0 spiro atoms. The number of aliphatic hydroxyl groups is 1. The molecule has 0 amide bonds. The van der Waals surface area contributed by atoms with Gasteiger partial charge in [0.05, 0.1) is 32.8 Å². The van der Waals surface area contributed by atoms with Crippen molar-refractivity contribution in [3.05, 3.63) is 219 Å². The van der Waals surface area contributed by atoms with E-state index >= 15 is 0 Å². The summed E-state index contributed by atoms with van der Waals surface area (Å²) >= 11 is 0. The quantitative estimate of drug-likeness (QED) is 0.0169. The third-order valence-corrected chi connectivity index (χ3v) is 17.9. The van der Waals surface area contributed by atoms with Crippen molar-refractivity contribution in [1.29, 1.82) is 0 Å². The van der Waals surface area contributed by atoms with Gasteiger partial charge in [-0.3, -0.25) is 37.3 Å². The molecule has 0 fully saturated rings. The molecule has 5 atom stereocenters. The van der Waals surface area contributed by atoms with Crippen LogP contribution in [0.2, 0.25) is 0 Å². The first kappa shape index (κ1) is 103. The SMILES string of the molecule is CC/C=C\C/C=C\C/C=C\C/C=C\C/C=C\C/C=C\CCC(=O)OCC(COP(=O)(O)OCC(O)COP(=O)(O)OCC(COC(=O)CCCCCCCC/C=C\C/C=C\C/C=C\CCCCC)OC(=O)CCCCCC/C=C\C/C=C\C/C=C\C/C=C\CC)OC(=O)C/C=C\C/C=C\C/C=C\C/C=C\C/C=C\CC. The van der Waals surface area contributed by atoms with E-state index in [1.165, 1.54) is 19.3 Å². The fourth-order valence-electron chi connectivity index (χ4n) is 9.85. The molecule has 0 aromatic rings. The van der Waals surface area contributed by atoms with Crippen LogP contribution in [0, 0.1) is 0 Å². The van der Waals surface area contributed by atoms with E-state index < -0.39 is 97.5 Å². The summed E-state index contributed by atoms with van der Waals surface area (Å²) in [5, 5.41) is 10.7. The Bertz CT molecular complexity index is 2950. The Morgan fingerprint density at radius 1 is 0.273 bits per heavy atom. The van der Waals surface area contributed by atoms with Crippen LogP contribution in [0.15, 0.2) is 219 Å². The zero-order valence-electron chi connectivity index (χ0n) is 67.6. The number of ether oxygens (including phenoxy) is 4. The molecule has 0 aliphatic rings. The van der Waals surface area contributed by atoms with Gasteiger partial charge in [0.2, 0.25) is 0 Å². The van der Waals surface area contributed by atoms with Gasteiger partial charge < -0.3 is 33.8 Å². The first-order valence-corrected chi connectivity index (χ1v) is 44.0. The van der Waals surface area contributed by atoms with Gasteiger partial charge in [-0.2, -0.15) is 0 Å². The summed E-state index contributed by atoms with van der Waals surface area (Å²) in [6.07, 6.45) is 102. The van der Waals surface area contributed by atoms with Gasteiger partial charge in [0.25, 0.3) is 0 Å². The van der Waals surface area contributed by atoms with E-state index in [2.05, 4.69) is 204 Å². The van der Waals surface area contributed by atoms with E-state index in [1.54, 1.807) is 12.2 Å². The van der Waals surface area contributed by atoms with E-state index in [1.807, 2.05) is 30.4 Å². The number of carbonyl (C=O) groups excluding carboxylic acids is 4. The summed E-state index contributed by atoms with van der Waals surface area (Å²) < 4.78 is 68.4. The molecular weight excluding hydrogens is 1430 g/mol. The summed E-state index contributed by atoms with van der Waals surface area (Å²) in [7, 11) is -10.1. The number of aliphatic hydroxyl groups excluding tert-OH is 1. The average Bonchev–Trinajstić information content (AvgIpc) is 0.899. The first-order chi connectivity index (χ1) is 53.7. The smallest absolute Gasteiger partial charge is 0.462 e. The number of esters is 4. The van der Waals surface area contributed by atoms with Crippen LogP contribution < -0.4 is 0 Å². The number of allylic oxidation sites excluding steroid dienone is 35. The molecule has 0 saturated carbocycles. The number of hydrogen-bond acceptors (Lipinski definition) is 15. The fraction of sp³-hybridized carbons (Fsp3) is 0.560. The Morgan fingerprint density at radius 3 is 0.864 bits per heavy atom. The fourth-order valence-corrected chi connectivity index (χ4v) is 11.4. The minimum absolute atomic E-state index is 0.00659. The van der Waals surface area contributed by atoms with Gasteiger partial charge in [-0.1, -0.05) is 298 Å². The number of phosphoric acid groups is 2. The monoisotopic (exact) mass is 1570 g/mol. The van der Waals surface area contributed by atoms with Crippen molar-refractivity contribution in [3.63, 3.8) is 0 Å². The molecule has 0 bridgehead atoms. The van der Waals surface area contributed by atoms with Crippen LogP contribution in [0.3, 0.4) is 0 Å². The summed E-state index contributed by atoms with van der Waals surface area (Å²) in [5.41, 5.74) is 0. The minimum Gasteiger partial charge on any atom is -0.462 e. The van der Waals surface area contributed by atoms with Crippen molar-refractivity contribution in [2.24, 2.45) is 0 Å². The molecule has 110 heavy (non-hydrogen) atoms. The van der Waals surface area contributed by atoms with Crippen LogP contribution in [-0.2, 0) is 65.4 Å². The second-order valence-corrected chi connectivity index (χ2v) is 29.1. The highest BCUT2D eigenvalue weighted by Crippen LogP contribution is 2.45. The molecular formula is C91H142O17P2. The van der Waals surface area contributed by atoms with Crippen molar-refractivity contribution in [2.45, 2.75) is 290 Å². The number of carbonyl (C=O) groups is 4. The zero-order valence-corrected chi connectivity index (χ0v) is 69.4. The van der Waals surface area contributed by atoms with Gasteiger partial charge in [0.15, 0.2) is 12.2 Å². The van der Waals surface area contributed by atoms with Crippen LogP contribution >= 0.6 is 15.6 Å². The van der Waals surface area contributed by atoms with Gasteiger partial charge in [0, 0.05) is 19.3 Å². The van der Waals surface area contributed by atoms with Crippen LogP contribution in [-0.4, -0.2) is 96.7 Å². The lowest BCUT2D eigenvalue weighted by Gasteiger charge is -2.21. The zero-order chi connectivity index (χ0) is 80.3. The van der Waals surface area contributed by atoms with Crippen LogP contribution in [0.5, 0.6) is 0 Å². The summed E-state index contributed by atoms with van der Waals surface area (Å²) in [6.45, 7) is 4.23. The Morgan fingerprint density at radius 2 is 0.527 bits per heavy atom. The average molecular weight is 1570 g/mol. The maximum atomic E-state index is 13.1. The Balaban J connectivity index is 5.56. The number of phosphoric ester groups is 2. The Hall–Kier alpha value is -6.62. The van der Waals surface area contributed by atoms with E-state index in [4.69, 9.17) is 37.0 Å². The molecule has 3 N–H and O–H groups in total. The third-order valence-electron chi connectivity index (χ3n) is 16.0. The molecule has 0 aromatic heterocycles. The van der Waals surface area contributed by atoms with Gasteiger partial charge in [-0.15, -0.1) is 0 Å². The minimum atomic E-state index is -5.04. The second kappa shape index (κ2) is 80.4. The van der Waals surface area contributed by atoms with Crippen molar-refractivity contribution >= 4 is 39.5 Å². The molecule has 0 saturated heterocycles. The van der Waals surface area contributed by atoms with E-state index in [0.29, 0.717) is 32.1 Å². The summed E-state index contributed by atoms with van der Waals surface area (Å²) in [6, 6.07) is 0. The van der Waals surface area contributed by atoms with E-state index in [-0.39, 0.29) is 25.7 Å². The predicted octanol–water partition coefficient (Wildman–Crippen LogP) is 24.4. The van der Waals surface area contributed by atoms with Gasteiger partial charge >= 0.3 is 39.5 Å². The molecule has 0 rings (SSSR count). The molecule has 0 aliphatic heterocycles. The third kappa shape index (κ3) is 79.5. The maximum Gasteiger partial charge on any atom is 0.472 e. The van der Waals surface area contributed by atoms with Crippen LogP contribution in [0.4, 0.5) is 0 Å². The van der Waals surface area contributed by atoms with Crippen molar-refractivity contribution in [2.75, 3.05) is 39.6 Å². The van der Waals surface area contributed by atoms with Crippen molar-refractivity contribution in [3.8, 4) is 0 Å². The second-order valence-electron chi connectivity index (χ2n) is 26.2. The number of rotatable bonds is 74. The number of unbranched alkanes of at least 4 members (excludes halogenated alkanes) is 13. The molecule has 0 aromatic carbocycles. The molecule has 17 nitrogen and oxygen atoms in total. The lowest BCUT2D eigenvalue weighted by atomic mass is 10.1. The molecule has 19 heteroatoms. The molecule has 0 heterocycles. The van der Waals surface area contributed by atoms with Gasteiger partial charge in [-0.05, 0) is 167 Å². The summed E-state index contributed by atoms with van der Waals surface area (Å²) in [4.78, 5) is 73.1. The normalized spacial score (nSPS) is 14.9. The van der Waals surface area contributed by atoms with Crippen LogP contribution in [0.1, 0.15) is 272 Å². The molecule has 0 radical (unpaired) electrons. The van der Waals surface area contributed by atoms with E-state index in [0.717, 1.165) is 167 Å². The highest BCUT2D eigenvalue weighted by molar-refractivity contribution is 7.47. The first-order valence-electron chi connectivity index (χ1n) is 41.0. The standard InChI is InChI=1S/C91H142O17P2/c1-5-9-13-17-21-25-29-33-37-40-42-45-48-51-55-59-63-67-71-75-88(93)101-81-86(107-90(95)77-73-69-65-61-57-53-47-36-32-28-24-20-16-12-8-4)83-105-109(97,98)103-79-85(92)80-104-110(99,100)106-84-87(108-91(96)78-74-70-66-62-58-54-50-44-39-35-31-27-23-19-15-11-7-3)82-102-89(94)76-72-68-64-60-56-52-49-46-43-41-38-34-30-26-22-18-14-10-6-2/h9,11-13,15-16,21-28,33-39,42-43,45-47,50-51,54-55,57,61,63,67,69,73,85-87,92H,5-8,10,14,17-20,29-32,40-41,44,48-49,52-53,56,58-60,62,64-66,68,70-72,74-84H2,1-4H3,(H,97,98)(H,99,100)/b13-9-,15-11-,16-12-,25-21-,26-22-,27-23-,28-24-,37-33-,38-34-,39-35-,45-42-,46-43-,47-36-,54-50-,55-51-,61-57-,67-63-,73-69-. The Labute approximate surface area is 664 Å². The topological polar surface area (TPSA) is 237 Å². The van der Waals surface area contributed by atoms with Gasteiger partial charge in [0.1, 0.15) is 19.3 Å².